The zero-order valence-corrected chi connectivity index (χ0v) is 15.0. The molecule has 5 nitrogen and oxygen atoms in total. The maximum absolute atomic E-state index is 5.88. The summed E-state index contributed by atoms with van der Waals surface area (Å²) in [5, 5.41) is 9.02. The number of nitrogens with zero attached hydrogens (tertiary/aromatic N) is 4. The molecule has 0 aliphatic carbocycles. The number of nitrogens with two attached hydrogens (primary N) is 1. The molecule has 5 heteroatoms. The molecule has 2 N–H and O–H groups in total. The molecule has 1 atom stereocenters. The third-order valence-electron chi connectivity index (χ3n) is 5.06. The van der Waals surface area contributed by atoms with Gasteiger partial charge in [-0.15, -0.1) is 5.10 Å². The highest BCUT2D eigenvalue weighted by Crippen LogP contribution is 2.28. The summed E-state index contributed by atoms with van der Waals surface area (Å²) in [7, 11) is 0. The molecule has 3 aromatic rings. The van der Waals surface area contributed by atoms with Gasteiger partial charge in [0.25, 0.3) is 0 Å². The maximum Gasteiger partial charge on any atom is 0.116 e. The van der Waals surface area contributed by atoms with Gasteiger partial charge in [0.2, 0.25) is 0 Å². The Morgan fingerprint density at radius 2 is 1.73 bits per heavy atom. The maximum atomic E-state index is 5.88. The fraction of sp³-hybridized carbons (Fsp3) is 0.333. The smallest absolute Gasteiger partial charge is 0.116 e. The molecule has 1 aliphatic rings. The largest absolute Gasteiger partial charge is 0.330 e. The molecule has 0 bridgehead atoms. The Morgan fingerprint density at radius 3 is 2.46 bits per heavy atom. The highest BCUT2D eigenvalue weighted by Gasteiger charge is 2.27. The van der Waals surface area contributed by atoms with Gasteiger partial charge in [0, 0.05) is 31.6 Å². The first-order valence-corrected chi connectivity index (χ1v) is 9.31. The molecular weight excluding hydrogens is 322 g/mol. The molecule has 2 heterocycles. The fourth-order valence-corrected chi connectivity index (χ4v) is 3.79. The van der Waals surface area contributed by atoms with E-state index in [1.165, 1.54) is 5.56 Å². The van der Waals surface area contributed by atoms with Crippen molar-refractivity contribution in [2.45, 2.75) is 25.4 Å². The van der Waals surface area contributed by atoms with Crippen LogP contribution in [0.25, 0.3) is 11.3 Å². The zero-order valence-electron chi connectivity index (χ0n) is 15.0. The molecule has 0 spiro atoms. The summed E-state index contributed by atoms with van der Waals surface area (Å²) < 4.78 is 2.13. The molecule has 2 aromatic carbocycles. The standard InChI is InChI=1S/C21H25N5/c22-13-11-20-21(18-9-5-2-6-10-18)23-24-26(20)19-12-14-25(16-19)15-17-7-3-1-4-8-17/h1-10,19H,11-16,22H2/t19-/m0/s1. The van der Waals surface area contributed by atoms with Crippen LogP contribution < -0.4 is 5.73 Å². The second-order valence-electron chi connectivity index (χ2n) is 6.90. The highest BCUT2D eigenvalue weighted by atomic mass is 15.5. The van der Waals surface area contributed by atoms with Gasteiger partial charge in [-0.3, -0.25) is 4.90 Å². The van der Waals surface area contributed by atoms with Gasteiger partial charge in [-0.1, -0.05) is 65.9 Å². The zero-order chi connectivity index (χ0) is 17.8. The summed E-state index contributed by atoms with van der Waals surface area (Å²) >= 11 is 0. The minimum absolute atomic E-state index is 0.366. The monoisotopic (exact) mass is 347 g/mol. The fourth-order valence-electron chi connectivity index (χ4n) is 3.79. The number of benzene rings is 2. The minimum Gasteiger partial charge on any atom is -0.330 e. The van der Waals surface area contributed by atoms with Crippen LogP contribution >= 0.6 is 0 Å². The molecule has 134 valence electrons. The van der Waals surface area contributed by atoms with E-state index in [0.717, 1.165) is 49.4 Å². The summed E-state index contributed by atoms with van der Waals surface area (Å²) in [4.78, 5) is 2.50. The second-order valence-corrected chi connectivity index (χ2v) is 6.90. The van der Waals surface area contributed by atoms with Gasteiger partial charge in [-0.25, -0.2) is 4.68 Å². The molecule has 4 rings (SSSR count). The summed E-state index contributed by atoms with van der Waals surface area (Å²) in [6.07, 6.45) is 1.90. The van der Waals surface area contributed by atoms with E-state index < -0.39 is 0 Å². The van der Waals surface area contributed by atoms with Crippen LogP contribution in [0.1, 0.15) is 23.7 Å². The molecule has 26 heavy (non-hydrogen) atoms. The molecule has 0 radical (unpaired) electrons. The lowest BCUT2D eigenvalue weighted by atomic mass is 10.1. The van der Waals surface area contributed by atoms with Crippen LogP contribution in [-0.4, -0.2) is 39.5 Å². The average molecular weight is 347 g/mol. The van der Waals surface area contributed by atoms with E-state index in [9.17, 15) is 0 Å². The van der Waals surface area contributed by atoms with Gasteiger partial charge in [0.15, 0.2) is 0 Å². The number of hydrogen-bond donors (Lipinski definition) is 1. The number of rotatable bonds is 6. The van der Waals surface area contributed by atoms with E-state index in [-0.39, 0.29) is 0 Å². The quantitative estimate of drug-likeness (QED) is 0.745. The molecule has 0 amide bonds. The van der Waals surface area contributed by atoms with Crippen molar-refractivity contribution < 1.29 is 0 Å². The van der Waals surface area contributed by atoms with Crippen molar-refractivity contribution in [1.29, 1.82) is 0 Å². The van der Waals surface area contributed by atoms with Gasteiger partial charge in [-0.2, -0.15) is 0 Å². The van der Waals surface area contributed by atoms with Crippen LogP contribution in [-0.2, 0) is 13.0 Å². The van der Waals surface area contributed by atoms with E-state index in [2.05, 4.69) is 62.4 Å². The Bertz CT molecular complexity index is 828. The van der Waals surface area contributed by atoms with Crippen LogP contribution in [0.5, 0.6) is 0 Å². The summed E-state index contributed by atoms with van der Waals surface area (Å²) in [6.45, 7) is 3.68. The Morgan fingerprint density at radius 1 is 1.00 bits per heavy atom. The molecule has 1 aliphatic heterocycles. The van der Waals surface area contributed by atoms with Gasteiger partial charge in [0.05, 0.1) is 11.7 Å². The molecule has 1 fully saturated rings. The average Bonchev–Trinajstić information content (AvgIpc) is 3.31. The van der Waals surface area contributed by atoms with Crippen molar-refractivity contribution >= 4 is 0 Å². The molecule has 1 saturated heterocycles. The van der Waals surface area contributed by atoms with Crippen LogP contribution in [0.15, 0.2) is 60.7 Å². The first-order valence-electron chi connectivity index (χ1n) is 9.31. The molecule has 1 aromatic heterocycles. The van der Waals surface area contributed by atoms with Crippen LogP contribution in [0.2, 0.25) is 0 Å². The van der Waals surface area contributed by atoms with E-state index in [0.29, 0.717) is 12.6 Å². The summed E-state index contributed by atoms with van der Waals surface area (Å²) in [5.41, 5.74) is 10.5. The molecule has 0 unspecified atom stereocenters. The van der Waals surface area contributed by atoms with Gasteiger partial charge in [-0.05, 0) is 18.5 Å². The van der Waals surface area contributed by atoms with E-state index in [1.807, 2.05) is 18.2 Å². The van der Waals surface area contributed by atoms with Crippen molar-refractivity contribution in [3.63, 3.8) is 0 Å². The van der Waals surface area contributed by atoms with Crippen LogP contribution in [0, 0.1) is 0 Å². The molecule has 0 saturated carbocycles. The van der Waals surface area contributed by atoms with Crippen molar-refractivity contribution in [1.82, 2.24) is 19.9 Å². The van der Waals surface area contributed by atoms with E-state index in [1.54, 1.807) is 0 Å². The van der Waals surface area contributed by atoms with E-state index in [4.69, 9.17) is 5.73 Å². The first-order chi connectivity index (χ1) is 12.8. The number of likely N-dealkylation sites (tertiary alicyclic amines) is 1. The van der Waals surface area contributed by atoms with E-state index >= 15 is 0 Å². The Labute approximate surface area is 154 Å². The topological polar surface area (TPSA) is 60.0 Å². The second kappa shape index (κ2) is 7.81. The van der Waals surface area contributed by atoms with Crippen molar-refractivity contribution in [3.05, 3.63) is 71.9 Å². The summed E-state index contributed by atoms with van der Waals surface area (Å²) in [5.74, 6) is 0. The Balaban J connectivity index is 1.54. The molecular formula is C21H25N5. The SMILES string of the molecule is NCCc1c(-c2ccccc2)nnn1[C@H]1CCN(Cc2ccccc2)C1. The third kappa shape index (κ3) is 3.54. The highest BCUT2D eigenvalue weighted by molar-refractivity contribution is 5.61. The first kappa shape index (κ1) is 16.9. The Kier molecular flexibility index (Phi) is 5.09. The lowest BCUT2D eigenvalue weighted by Crippen LogP contribution is -2.23. The summed E-state index contributed by atoms with van der Waals surface area (Å²) in [6, 6.07) is 21.3. The minimum atomic E-state index is 0.366. The number of aromatic nitrogens is 3. The van der Waals surface area contributed by atoms with Crippen LogP contribution in [0.3, 0.4) is 0 Å². The normalized spacial score (nSPS) is 17.7. The van der Waals surface area contributed by atoms with Crippen molar-refractivity contribution in [2.75, 3.05) is 19.6 Å². The van der Waals surface area contributed by atoms with Gasteiger partial charge >= 0.3 is 0 Å². The van der Waals surface area contributed by atoms with Gasteiger partial charge in [0.1, 0.15) is 5.69 Å². The Hall–Kier alpha value is -2.50. The predicted octanol–water partition coefficient (Wildman–Crippen LogP) is 2.89. The third-order valence-corrected chi connectivity index (χ3v) is 5.06. The van der Waals surface area contributed by atoms with Crippen molar-refractivity contribution in [2.24, 2.45) is 5.73 Å². The number of hydrogen-bond acceptors (Lipinski definition) is 4. The van der Waals surface area contributed by atoms with Crippen LogP contribution in [0.4, 0.5) is 0 Å². The predicted molar refractivity (Wildman–Crippen MR) is 104 cm³/mol. The van der Waals surface area contributed by atoms with Crippen molar-refractivity contribution in [3.8, 4) is 11.3 Å². The van der Waals surface area contributed by atoms with Gasteiger partial charge < -0.3 is 5.73 Å². The lowest BCUT2D eigenvalue weighted by Gasteiger charge is -2.17. The lowest BCUT2D eigenvalue weighted by molar-refractivity contribution is 0.309.